The number of likely N-dealkylation sites (N-methyl/N-ethyl adjacent to an activating group) is 1. The lowest BCUT2D eigenvalue weighted by molar-refractivity contribution is -0.143. The van der Waals surface area contributed by atoms with Gasteiger partial charge in [-0.2, -0.15) is 0 Å². The summed E-state index contributed by atoms with van der Waals surface area (Å²) in [5.74, 6) is -1.45. The Morgan fingerprint density at radius 1 is 1.37 bits per heavy atom. The lowest BCUT2D eigenvalue weighted by Gasteiger charge is -2.14. The fourth-order valence-electron chi connectivity index (χ4n) is 1.79. The summed E-state index contributed by atoms with van der Waals surface area (Å²) in [6.07, 6.45) is 1.59. The monoisotopic (exact) mass is 267 g/mol. The number of aliphatic carboxylic acids is 1. The molecule has 104 valence electrons. The third-order valence-corrected chi connectivity index (χ3v) is 2.88. The van der Waals surface area contributed by atoms with Crippen molar-refractivity contribution in [3.63, 3.8) is 0 Å². The lowest BCUT2D eigenvalue weighted by Crippen LogP contribution is -2.31. The van der Waals surface area contributed by atoms with Gasteiger partial charge in [0.25, 0.3) is 0 Å². The Kier molecular flexibility index (Phi) is 5.48. The summed E-state index contributed by atoms with van der Waals surface area (Å²) in [6.45, 7) is 1.42. The van der Waals surface area contributed by atoms with E-state index >= 15 is 0 Å². The van der Waals surface area contributed by atoms with Crippen LogP contribution in [-0.2, 0) is 16.0 Å². The molecule has 0 saturated carbocycles. The van der Waals surface area contributed by atoms with Crippen molar-refractivity contribution >= 4 is 11.9 Å². The van der Waals surface area contributed by atoms with Gasteiger partial charge in [0, 0.05) is 13.5 Å². The summed E-state index contributed by atoms with van der Waals surface area (Å²) in [4.78, 5) is 23.2. The third-order valence-electron chi connectivity index (χ3n) is 2.88. The molecule has 19 heavy (non-hydrogen) atoms. The van der Waals surface area contributed by atoms with Crippen LogP contribution in [0, 0.1) is 12.7 Å². The van der Waals surface area contributed by atoms with Gasteiger partial charge in [0.05, 0.1) is 0 Å². The SMILES string of the molecule is Cc1cc(CCCC(=O)N(C)CC(=O)O)ccc1F. The number of aryl methyl sites for hydroxylation is 2. The minimum atomic E-state index is -1.02. The summed E-state index contributed by atoms with van der Waals surface area (Å²) < 4.78 is 13.1. The second-order valence-corrected chi connectivity index (χ2v) is 4.58. The van der Waals surface area contributed by atoms with Gasteiger partial charge in [0.1, 0.15) is 12.4 Å². The first kappa shape index (κ1) is 15.1. The molecule has 0 heterocycles. The van der Waals surface area contributed by atoms with E-state index in [-0.39, 0.29) is 18.3 Å². The Labute approximate surface area is 111 Å². The maximum absolute atomic E-state index is 13.1. The standard InChI is InChI=1S/C14H18FNO3/c1-10-8-11(6-7-12(10)15)4-3-5-13(17)16(2)9-14(18)19/h6-8H,3-5,9H2,1-2H3,(H,18,19). The molecule has 4 nitrogen and oxygen atoms in total. The van der Waals surface area contributed by atoms with Crippen LogP contribution in [-0.4, -0.2) is 35.5 Å². The van der Waals surface area contributed by atoms with E-state index in [9.17, 15) is 14.0 Å². The summed E-state index contributed by atoms with van der Waals surface area (Å²) >= 11 is 0. The molecular weight excluding hydrogens is 249 g/mol. The molecule has 0 saturated heterocycles. The Hall–Kier alpha value is -1.91. The number of benzene rings is 1. The van der Waals surface area contributed by atoms with E-state index in [1.807, 2.05) is 0 Å². The van der Waals surface area contributed by atoms with Crippen molar-refractivity contribution in [1.29, 1.82) is 0 Å². The number of carbonyl (C=O) groups is 2. The first-order chi connectivity index (χ1) is 8.90. The van der Waals surface area contributed by atoms with Gasteiger partial charge in [-0.15, -0.1) is 0 Å². The topological polar surface area (TPSA) is 57.6 Å². The molecule has 0 aliphatic rings. The zero-order chi connectivity index (χ0) is 14.4. The smallest absolute Gasteiger partial charge is 0.323 e. The van der Waals surface area contributed by atoms with E-state index in [4.69, 9.17) is 5.11 Å². The van der Waals surface area contributed by atoms with Gasteiger partial charge in [-0.05, 0) is 37.0 Å². The summed E-state index contributed by atoms with van der Waals surface area (Å²) in [5.41, 5.74) is 1.57. The molecule has 0 spiro atoms. The van der Waals surface area contributed by atoms with Gasteiger partial charge in [-0.3, -0.25) is 9.59 Å². The number of carboxylic acid groups (broad SMARTS) is 1. The molecule has 1 aromatic rings. The van der Waals surface area contributed by atoms with Crippen molar-refractivity contribution in [2.45, 2.75) is 26.2 Å². The van der Waals surface area contributed by atoms with Gasteiger partial charge < -0.3 is 10.0 Å². The predicted octanol–water partition coefficient (Wildman–Crippen LogP) is 2.00. The molecular formula is C14H18FNO3. The number of amides is 1. The maximum atomic E-state index is 13.1. The van der Waals surface area contributed by atoms with E-state index < -0.39 is 5.97 Å². The van der Waals surface area contributed by atoms with E-state index in [1.54, 1.807) is 19.1 Å². The third kappa shape index (κ3) is 5.07. The van der Waals surface area contributed by atoms with Gasteiger partial charge in [0.2, 0.25) is 5.91 Å². The molecule has 0 unspecified atom stereocenters. The van der Waals surface area contributed by atoms with Crippen molar-refractivity contribution in [3.8, 4) is 0 Å². The normalized spacial score (nSPS) is 10.3. The highest BCUT2D eigenvalue weighted by molar-refractivity contribution is 5.80. The number of nitrogens with zero attached hydrogens (tertiary/aromatic N) is 1. The van der Waals surface area contributed by atoms with E-state index in [0.29, 0.717) is 24.8 Å². The molecule has 0 aliphatic carbocycles. The van der Waals surface area contributed by atoms with Crippen molar-refractivity contribution in [2.24, 2.45) is 0 Å². The Morgan fingerprint density at radius 3 is 2.63 bits per heavy atom. The van der Waals surface area contributed by atoms with Crippen molar-refractivity contribution in [1.82, 2.24) is 4.90 Å². The predicted molar refractivity (Wildman–Crippen MR) is 69.3 cm³/mol. The van der Waals surface area contributed by atoms with Gasteiger partial charge >= 0.3 is 5.97 Å². The van der Waals surface area contributed by atoms with Gasteiger partial charge in [-0.25, -0.2) is 4.39 Å². The second kappa shape index (κ2) is 6.87. The van der Waals surface area contributed by atoms with Crippen LogP contribution in [0.2, 0.25) is 0 Å². The Morgan fingerprint density at radius 2 is 2.05 bits per heavy atom. The van der Waals surface area contributed by atoms with Crippen LogP contribution in [0.1, 0.15) is 24.0 Å². The lowest BCUT2D eigenvalue weighted by atomic mass is 10.1. The highest BCUT2D eigenvalue weighted by Gasteiger charge is 2.11. The number of carboxylic acids is 1. The largest absolute Gasteiger partial charge is 0.480 e. The molecule has 0 aromatic heterocycles. The van der Waals surface area contributed by atoms with Crippen LogP contribution in [0.3, 0.4) is 0 Å². The second-order valence-electron chi connectivity index (χ2n) is 4.58. The summed E-state index contributed by atoms with van der Waals surface area (Å²) in [5, 5.41) is 8.56. The summed E-state index contributed by atoms with van der Waals surface area (Å²) in [7, 11) is 1.47. The molecule has 0 atom stereocenters. The minimum absolute atomic E-state index is 0.193. The molecule has 0 bridgehead atoms. The molecule has 0 fully saturated rings. The fourth-order valence-corrected chi connectivity index (χ4v) is 1.79. The van der Waals surface area contributed by atoms with Crippen LogP contribution >= 0.6 is 0 Å². The molecule has 1 N–H and O–H groups in total. The zero-order valence-corrected chi connectivity index (χ0v) is 11.1. The van der Waals surface area contributed by atoms with Crippen molar-refractivity contribution in [2.75, 3.05) is 13.6 Å². The van der Waals surface area contributed by atoms with E-state index in [0.717, 1.165) is 5.56 Å². The first-order valence-electron chi connectivity index (χ1n) is 6.11. The van der Waals surface area contributed by atoms with Crippen LogP contribution in [0.4, 0.5) is 4.39 Å². The molecule has 1 aromatic carbocycles. The number of halogens is 1. The van der Waals surface area contributed by atoms with Crippen LogP contribution in [0.5, 0.6) is 0 Å². The quantitative estimate of drug-likeness (QED) is 0.857. The number of hydrogen-bond acceptors (Lipinski definition) is 2. The molecule has 1 rings (SSSR count). The highest BCUT2D eigenvalue weighted by Crippen LogP contribution is 2.12. The zero-order valence-electron chi connectivity index (χ0n) is 11.1. The van der Waals surface area contributed by atoms with E-state index in [1.165, 1.54) is 18.0 Å². The van der Waals surface area contributed by atoms with Gasteiger partial charge in [-0.1, -0.05) is 12.1 Å². The Bertz CT molecular complexity index is 474. The molecule has 1 amide bonds. The number of carbonyl (C=O) groups excluding carboxylic acids is 1. The van der Waals surface area contributed by atoms with Crippen LogP contribution in [0.25, 0.3) is 0 Å². The molecule has 0 aliphatic heterocycles. The average molecular weight is 267 g/mol. The molecule has 5 heteroatoms. The summed E-state index contributed by atoms with van der Waals surface area (Å²) in [6, 6.07) is 4.89. The maximum Gasteiger partial charge on any atom is 0.323 e. The van der Waals surface area contributed by atoms with Crippen molar-refractivity contribution < 1.29 is 19.1 Å². The first-order valence-corrected chi connectivity index (χ1v) is 6.11. The number of hydrogen-bond donors (Lipinski definition) is 1. The highest BCUT2D eigenvalue weighted by atomic mass is 19.1. The van der Waals surface area contributed by atoms with E-state index in [2.05, 4.69) is 0 Å². The minimum Gasteiger partial charge on any atom is -0.480 e. The Balaban J connectivity index is 2.39. The van der Waals surface area contributed by atoms with Crippen LogP contribution in [0.15, 0.2) is 18.2 Å². The average Bonchev–Trinajstić information content (AvgIpc) is 2.32. The van der Waals surface area contributed by atoms with Crippen LogP contribution < -0.4 is 0 Å². The number of rotatable bonds is 6. The van der Waals surface area contributed by atoms with Gasteiger partial charge in [0.15, 0.2) is 0 Å². The molecule has 0 radical (unpaired) electrons. The van der Waals surface area contributed by atoms with Crippen molar-refractivity contribution in [3.05, 3.63) is 35.1 Å². The fraction of sp³-hybridized carbons (Fsp3) is 0.429.